The van der Waals surface area contributed by atoms with Crippen LogP contribution in [0, 0.1) is 7.14 Å². The number of phenols is 2. The average molecular weight is 1400 g/mol. The van der Waals surface area contributed by atoms with Crippen LogP contribution in [0.1, 0.15) is 62.6 Å². The van der Waals surface area contributed by atoms with Gasteiger partial charge in [0.2, 0.25) is 53.2 Å². The second-order valence-electron chi connectivity index (χ2n) is 19.7. The van der Waals surface area contributed by atoms with Gasteiger partial charge in [0.05, 0.1) is 26.3 Å². The van der Waals surface area contributed by atoms with Gasteiger partial charge in [-0.1, -0.05) is 64.1 Å². The topological polar surface area (TPSA) is 453 Å². The van der Waals surface area contributed by atoms with Crippen molar-refractivity contribution in [3.8, 4) is 11.5 Å². The van der Waals surface area contributed by atoms with Crippen LogP contribution >= 0.6 is 66.8 Å². The number of halogens is 2. The summed E-state index contributed by atoms with van der Waals surface area (Å²) >= 11 is 3.81. The first-order valence-corrected chi connectivity index (χ1v) is 30.4. The number of aliphatic hydroxyl groups is 1. The predicted molar refractivity (Wildman–Crippen MR) is 327 cm³/mol. The van der Waals surface area contributed by atoms with E-state index in [1.165, 1.54) is 12.1 Å². The maximum Gasteiger partial charge on any atom is 0.245 e. The van der Waals surface area contributed by atoms with E-state index in [9.17, 15) is 58.5 Å². The lowest BCUT2D eigenvalue weighted by Gasteiger charge is -2.35. The fourth-order valence-electron chi connectivity index (χ4n) is 8.13. The summed E-state index contributed by atoms with van der Waals surface area (Å²) in [6.07, 6.45) is 0.656. The molecule has 82 heavy (non-hydrogen) atoms. The van der Waals surface area contributed by atoms with Crippen molar-refractivity contribution in [2.75, 3.05) is 32.0 Å². The number of benzene rings is 3. The number of phenolic OH excluding ortho intramolecular Hbond substituents is 2. The molecule has 21 N–H and O–H groups in total. The highest BCUT2D eigenvalue weighted by Crippen LogP contribution is 2.39. The maximum atomic E-state index is 14.9. The molecule has 3 aromatic carbocycles. The van der Waals surface area contributed by atoms with Crippen LogP contribution in [0.15, 0.2) is 71.7 Å². The Balaban J connectivity index is 1.82. The third-order valence-corrected chi connectivity index (χ3v) is 17.6. The first-order valence-electron chi connectivity index (χ1n) is 25.9. The van der Waals surface area contributed by atoms with E-state index in [0.29, 0.717) is 36.7 Å². The normalized spacial score (nSPS) is 20.4. The van der Waals surface area contributed by atoms with Crippen LogP contribution in [0.25, 0.3) is 0 Å². The number of guanidine groups is 1. The number of hydrogen-bond acceptors (Lipinski definition) is 17. The molecular formula is C52H72I2N14O12S2. The van der Waals surface area contributed by atoms with Gasteiger partial charge in [-0.25, -0.2) is 0 Å². The average Bonchev–Trinajstić information content (AvgIpc) is 3.56. The minimum atomic E-state index is -1.68. The summed E-state index contributed by atoms with van der Waals surface area (Å²) in [5.41, 5.74) is 30.3. The fraction of sp³-hybridized carbons (Fsp3) is 0.462. The first-order chi connectivity index (χ1) is 38.8. The lowest BCUT2D eigenvalue weighted by Crippen LogP contribution is -2.62. The molecule has 0 radical (unpaired) electrons. The quantitative estimate of drug-likeness (QED) is 0.0170. The van der Waals surface area contributed by atoms with E-state index in [1.54, 1.807) is 68.4 Å². The zero-order valence-electron chi connectivity index (χ0n) is 45.1. The van der Waals surface area contributed by atoms with Gasteiger partial charge in [0.25, 0.3) is 0 Å². The van der Waals surface area contributed by atoms with E-state index in [2.05, 4.69) is 47.5 Å². The Bertz CT molecular complexity index is 2720. The minimum Gasteiger partial charge on any atom is -0.508 e. The molecule has 1 fully saturated rings. The number of nitrogens with one attached hydrogen (secondary N) is 8. The maximum absolute atomic E-state index is 14.9. The van der Waals surface area contributed by atoms with Crippen molar-refractivity contribution in [2.24, 2.45) is 33.7 Å². The number of unbranched alkanes of at least 4 members (excludes halogenated alkanes) is 1. The van der Waals surface area contributed by atoms with Crippen LogP contribution in [0.2, 0.25) is 0 Å². The second kappa shape index (κ2) is 33.8. The van der Waals surface area contributed by atoms with Crippen molar-refractivity contribution >= 4 is 126 Å². The number of nitrogens with zero attached hydrogens (tertiary/aromatic N) is 1. The lowest BCUT2D eigenvalue weighted by molar-refractivity contribution is -0.135. The molecule has 3 aromatic rings. The largest absolute Gasteiger partial charge is 0.508 e. The van der Waals surface area contributed by atoms with Crippen LogP contribution in [0.3, 0.4) is 0 Å². The molecule has 8 atom stereocenters. The number of aromatic hydroxyl groups is 2. The third-order valence-electron chi connectivity index (χ3n) is 12.6. The molecule has 0 bridgehead atoms. The molecule has 0 aliphatic carbocycles. The Hall–Kier alpha value is -6.20. The lowest BCUT2D eigenvalue weighted by atomic mass is 9.99. The number of aliphatic hydroxyl groups excluding tert-OH is 1. The molecule has 1 aliphatic rings. The van der Waals surface area contributed by atoms with Crippen molar-refractivity contribution in [3.63, 3.8) is 0 Å². The Morgan fingerprint density at radius 2 is 1.35 bits per heavy atom. The molecule has 0 spiro atoms. The summed E-state index contributed by atoms with van der Waals surface area (Å²) in [4.78, 5) is 130. The summed E-state index contributed by atoms with van der Waals surface area (Å²) in [6.45, 7) is 1.81. The molecule has 9 amide bonds. The van der Waals surface area contributed by atoms with Gasteiger partial charge < -0.3 is 86.5 Å². The number of amides is 9. The summed E-state index contributed by atoms with van der Waals surface area (Å²) in [7, 11) is 1.97. The van der Waals surface area contributed by atoms with E-state index in [4.69, 9.17) is 28.7 Å². The van der Waals surface area contributed by atoms with E-state index in [1.807, 2.05) is 45.2 Å². The van der Waals surface area contributed by atoms with Gasteiger partial charge in [0.1, 0.15) is 53.8 Å². The smallest absolute Gasteiger partial charge is 0.245 e. The Kier molecular flexibility index (Phi) is 28.1. The molecule has 30 heteroatoms. The van der Waals surface area contributed by atoms with Crippen molar-refractivity contribution in [1.82, 2.24) is 42.5 Å². The van der Waals surface area contributed by atoms with Crippen LogP contribution < -0.4 is 71.2 Å². The van der Waals surface area contributed by atoms with Gasteiger partial charge in [-0.15, -0.1) is 0 Å². The summed E-state index contributed by atoms with van der Waals surface area (Å²) in [6, 6.07) is 6.14. The van der Waals surface area contributed by atoms with Crippen LogP contribution in [0.5, 0.6) is 11.5 Å². The number of primary amides is 1. The molecule has 4 rings (SSSR count). The molecule has 448 valence electrons. The van der Waals surface area contributed by atoms with Gasteiger partial charge >= 0.3 is 0 Å². The number of hydrogen-bond donors (Lipinski definition) is 16. The number of nitrogens with two attached hydrogens (primary N) is 5. The Morgan fingerprint density at radius 3 is 1.98 bits per heavy atom. The highest BCUT2D eigenvalue weighted by molar-refractivity contribution is 14.1. The number of rotatable bonds is 22. The van der Waals surface area contributed by atoms with Crippen molar-refractivity contribution in [2.45, 2.75) is 118 Å². The van der Waals surface area contributed by atoms with Gasteiger partial charge in [0.15, 0.2) is 5.96 Å². The molecule has 1 saturated heterocycles. The van der Waals surface area contributed by atoms with Crippen molar-refractivity contribution < 1.29 is 58.5 Å². The fourth-order valence-corrected chi connectivity index (χ4v) is 12.8. The molecule has 1 heterocycles. The molecular weight excluding hydrogens is 1330 g/mol. The number of carbonyl (C=O) groups excluding carboxylic acids is 9. The van der Waals surface area contributed by atoms with Crippen LogP contribution in [-0.4, -0.2) is 160 Å². The monoisotopic (exact) mass is 1400 g/mol. The van der Waals surface area contributed by atoms with E-state index in [0.717, 1.165) is 21.6 Å². The highest BCUT2D eigenvalue weighted by Gasteiger charge is 2.41. The molecule has 8 unspecified atom stereocenters. The zero-order valence-corrected chi connectivity index (χ0v) is 51.0. The minimum absolute atomic E-state index is 0.0143. The van der Waals surface area contributed by atoms with Crippen molar-refractivity contribution in [3.05, 3.63) is 90.6 Å². The standard InChI is InChI=1S/C52H72I2N14O12S2/c1-52(2)42(68-44(74)33(56)21-28-13-15-30(70)16-14-28)50(80)66-36(23-29-19-31(53)41(72)32(54)20-29)45(75)61-24-40(71)62-38(25-69)48(78)65-37(22-27-9-4-3-5-10-27)47(77)67-39(26-81-82-52)49(79)64-35(11-6-7-17-55)46(76)63-34(43(57)73)12-8-18-60-51(58)59/h3-5,9-10,13-16,19-20,33-39,42,69-70,72H,6-8,11-12,17-18,21-26,55-56H2,1-2H3,(H2,57,73)(H,61,75)(H,62,71)(H,63,76)(H,64,79)(H,65,78)(H,66,80)(H,67,77)(H,68,74)(H4,58,59,60). The number of carbonyl (C=O) groups is 9. The second-order valence-corrected chi connectivity index (χ2v) is 25.0. The van der Waals surface area contributed by atoms with Gasteiger partial charge in [0, 0.05) is 29.9 Å². The van der Waals surface area contributed by atoms with Crippen LogP contribution in [-0.2, 0) is 62.4 Å². The molecule has 0 aromatic heterocycles. The summed E-state index contributed by atoms with van der Waals surface area (Å²) < 4.78 is -0.536. The molecule has 0 saturated carbocycles. The summed E-state index contributed by atoms with van der Waals surface area (Å²) in [5, 5.41) is 51.6. The zero-order chi connectivity index (χ0) is 60.7. The van der Waals surface area contributed by atoms with E-state index >= 15 is 0 Å². The molecule has 1 aliphatic heterocycles. The van der Waals surface area contributed by atoms with Crippen LogP contribution in [0.4, 0.5) is 0 Å². The number of aliphatic imine (C=N–C) groups is 1. The van der Waals surface area contributed by atoms with Gasteiger partial charge in [-0.3, -0.25) is 48.1 Å². The highest BCUT2D eigenvalue weighted by atomic mass is 127. The van der Waals surface area contributed by atoms with Gasteiger partial charge in [-0.2, -0.15) is 0 Å². The Labute approximate surface area is 509 Å². The summed E-state index contributed by atoms with van der Waals surface area (Å²) in [5.74, 6) is -8.56. The first kappa shape index (κ1) is 68.3. The predicted octanol–water partition coefficient (Wildman–Crippen LogP) is -1.99. The Morgan fingerprint density at radius 1 is 0.744 bits per heavy atom. The van der Waals surface area contributed by atoms with Crippen molar-refractivity contribution in [1.29, 1.82) is 0 Å². The third kappa shape index (κ3) is 22.5. The molecule has 26 nitrogen and oxygen atoms in total. The van der Waals surface area contributed by atoms with E-state index < -0.39 is 119 Å². The van der Waals surface area contributed by atoms with Gasteiger partial charge in [-0.05, 0) is 145 Å². The SMILES string of the molecule is CC1(C)SSCC(C(=O)NC(CCCCN)C(=O)NC(CCCN=C(N)N)C(N)=O)NC(=O)C(Cc2ccccc2)NC(=O)C(CO)NC(=O)CNC(=O)C(Cc2cc(I)c(O)c(I)c2)NC(=O)C1NC(=O)C(N)Cc1ccc(O)cc1. The van der Waals surface area contributed by atoms with E-state index in [-0.39, 0.29) is 74.8 Å².